The van der Waals surface area contributed by atoms with E-state index in [1.165, 1.54) is 24.8 Å². The number of hydrazone groups is 1. The van der Waals surface area contributed by atoms with Gasteiger partial charge in [0.05, 0.1) is 12.8 Å². The number of aromatic nitrogens is 2. The smallest absolute Gasteiger partial charge is 0.320 e. The Bertz CT molecular complexity index is 1020. The highest BCUT2D eigenvalue weighted by Crippen LogP contribution is 2.23. The van der Waals surface area contributed by atoms with E-state index in [9.17, 15) is 0 Å². The SMILES string of the molecule is C=C1C=CC=CN1CCOc1nc(N/N=C/c2cccc(C)c2)cc(N2CCCCC2)n1. The Kier molecular flexibility index (Phi) is 7.17. The van der Waals surface area contributed by atoms with Gasteiger partial charge in [-0.25, -0.2) is 0 Å². The number of hydrogen-bond donors (Lipinski definition) is 1. The molecule has 166 valence electrons. The van der Waals surface area contributed by atoms with Gasteiger partial charge < -0.3 is 14.5 Å². The minimum absolute atomic E-state index is 0.350. The maximum absolute atomic E-state index is 5.93. The molecule has 1 fully saturated rings. The van der Waals surface area contributed by atoms with Crippen molar-refractivity contribution in [3.05, 3.63) is 78.2 Å². The molecule has 3 heterocycles. The molecule has 0 bridgehead atoms. The molecule has 0 aliphatic carbocycles. The first-order chi connectivity index (χ1) is 15.7. The molecule has 0 saturated carbocycles. The third kappa shape index (κ3) is 5.97. The molecule has 4 rings (SSSR count). The highest BCUT2D eigenvalue weighted by molar-refractivity contribution is 5.80. The summed E-state index contributed by atoms with van der Waals surface area (Å²) in [7, 11) is 0. The van der Waals surface area contributed by atoms with E-state index in [4.69, 9.17) is 4.74 Å². The first-order valence-corrected chi connectivity index (χ1v) is 11.1. The molecule has 1 saturated heterocycles. The van der Waals surface area contributed by atoms with Crippen LogP contribution in [0, 0.1) is 6.92 Å². The van der Waals surface area contributed by atoms with Gasteiger partial charge in [-0.2, -0.15) is 15.1 Å². The number of benzene rings is 1. The van der Waals surface area contributed by atoms with E-state index in [1.54, 1.807) is 6.21 Å². The highest BCUT2D eigenvalue weighted by Gasteiger charge is 2.15. The molecule has 7 heteroatoms. The molecule has 0 amide bonds. The summed E-state index contributed by atoms with van der Waals surface area (Å²) in [5.41, 5.74) is 6.21. The van der Waals surface area contributed by atoms with E-state index in [1.807, 2.05) is 47.5 Å². The molecular weight excluding hydrogens is 400 g/mol. The number of aryl methyl sites for hydroxylation is 1. The van der Waals surface area contributed by atoms with Crippen LogP contribution in [0.2, 0.25) is 0 Å². The Morgan fingerprint density at radius 3 is 2.84 bits per heavy atom. The zero-order valence-corrected chi connectivity index (χ0v) is 18.6. The van der Waals surface area contributed by atoms with Crippen LogP contribution in [-0.2, 0) is 0 Å². The van der Waals surface area contributed by atoms with E-state index in [2.05, 4.69) is 51.0 Å². The standard InChI is InChI=1S/C25H30N6O/c1-20-9-8-11-22(17-20)19-26-29-23-18-24(31-13-5-3-6-14-31)28-25(27-23)32-16-15-30-12-7-4-10-21(30)2/h4,7-12,17-19H,2-3,5-6,13-16H2,1H3,(H,27,28,29)/b26-19+. The quantitative estimate of drug-likeness (QED) is 0.491. The van der Waals surface area contributed by atoms with Crippen molar-refractivity contribution >= 4 is 17.9 Å². The summed E-state index contributed by atoms with van der Waals surface area (Å²) in [6.45, 7) is 9.22. The topological polar surface area (TPSA) is 65.9 Å². The van der Waals surface area contributed by atoms with Gasteiger partial charge in [-0.1, -0.05) is 42.5 Å². The lowest BCUT2D eigenvalue weighted by Gasteiger charge is -2.28. The Morgan fingerprint density at radius 1 is 1.16 bits per heavy atom. The van der Waals surface area contributed by atoms with Crippen LogP contribution in [0.15, 0.2) is 72.1 Å². The maximum Gasteiger partial charge on any atom is 0.320 e. The second kappa shape index (κ2) is 10.6. The van der Waals surface area contributed by atoms with Crippen molar-refractivity contribution in [1.82, 2.24) is 14.9 Å². The van der Waals surface area contributed by atoms with Crippen LogP contribution in [0.5, 0.6) is 6.01 Å². The first-order valence-electron chi connectivity index (χ1n) is 11.1. The van der Waals surface area contributed by atoms with Crippen molar-refractivity contribution in [2.45, 2.75) is 26.2 Å². The van der Waals surface area contributed by atoms with Crippen molar-refractivity contribution < 1.29 is 4.74 Å². The average Bonchev–Trinajstić information content (AvgIpc) is 2.81. The fraction of sp³-hybridized carbons (Fsp3) is 0.320. The fourth-order valence-corrected chi connectivity index (χ4v) is 3.71. The van der Waals surface area contributed by atoms with Gasteiger partial charge in [0.2, 0.25) is 0 Å². The average molecular weight is 431 g/mol. The van der Waals surface area contributed by atoms with Crippen molar-refractivity contribution in [1.29, 1.82) is 0 Å². The summed E-state index contributed by atoms with van der Waals surface area (Å²) < 4.78 is 5.93. The third-order valence-electron chi connectivity index (χ3n) is 5.41. The number of nitrogens with one attached hydrogen (secondary N) is 1. The molecule has 32 heavy (non-hydrogen) atoms. The van der Waals surface area contributed by atoms with Gasteiger partial charge in [-0.15, -0.1) is 0 Å². The van der Waals surface area contributed by atoms with Gasteiger partial charge in [-0.3, -0.25) is 5.43 Å². The van der Waals surface area contributed by atoms with Crippen LogP contribution < -0.4 is 15.1 Å². The van der Waals surface area contributed by atoms with Crippen LogP contribution in [0.3, 0.4) is 0 Å². The molecule has 7 nitrogen and oxygen atoms in total. The number of allylic oxidation sites excluding steroid dienone is 3. The van der Waals surface area contributed by atoms with Gasteiger partial charge in [0.15, 0.2) is 5.82 Å². The molecular formula is C25H30N6O. The molecule has 2 aliphatic heterocycles. The predicted molar refractivity (Wildman–Crippen MR) is 130 cm³/mol. The summed E-state index contributed by atoms with van der Waals surface area (Å²) in [5.74, 6) is 1.48. The third-order valence-corrected chi connectivity index (χ3v) is 5.41. The van der Waals surface area contributed by atoms with E-state index in [0.29, 0.717) is 25.0 Å². The minimum Gasteiger partial charge on any atom is -0.461 e. The van der Waals surface area contributed by atoms with Crippen molar-refractivity contribution in [2.24, 2.45) is 5.10 Å². The number of rotatable bonds is 8. The Labute approximate surface area is 189 Å². The first kappa shape index (κ1) is 21.6. The summed E-state index contributed by atoms with van der Waals surface area (Å²) in [6, 6.07) is 10.5. The van der Waals surface area contributed by atoms with Gasteiger partial charge in [0.1, 0.15) is 12.4 Å². The van der Waals surface area contributed by atoms with Crippen LogP contribution in [0.25, 0.3) is 0 Å². The molecule has 1 N–H and O–H groups in total. The maximum atomic E-state index is 5.93. The molecule has 0 atom stereocenters. The normalized spacial score (nSPS) is 16.1. The number of piperidine rings is 1. The van der Waals surface area contributed by atoms with Gasteiger partial charge in [0.25, 0.3) is 0 Å². The zero-order chi connectivity index (χ0) is 22.2. The summed E-state index contributed by atoms with van der Waals surface area (Å²) in [5, 5.41) is 4.37. The molecule has 0 unspecified atom stereocenters. The predicted octanol–water partition coefficient (Wildman–Crippen LogP) is 4.50. The Morgan fingerprint density at radius 2 is 2.03 bits per heavy atom. The van der Waals surface area contributed by atoms with Crippen LogP contribution in [0.1, 0.15) is 30.4 Å². The zero-order valence-electron chi connectivity index (χ0n) is 18.6. The lowest BCUT2D eigenvalue weighted by atomic mass is 10.1. The molecule has 2 aromatic rings. The fourth-order valence-electron chi connectivity index (χ4n) is 3.71. The van der Waals surface area contributed by atoms with Gasteiger partial charge in [-0.05, 0) is 43.9 Å². The highest BCUT2D eigenvalue weighted by atomic mass is 16.5. The molecule has 1 aromatic heterocycles. The Hall–Kier alpha value is -3.61. The number of anilines is 2. The lowest BCUT2D eigenvalue weighted by molar-refractivity contribution is 0.260. The Balaban J connectivity index is 1.45. The summed E-state index contributed by atoms with van der Waals surface area (Å²) in [6.07, 6.45) is 13.3. The second-order valence-corrected chi connectivity index (χ2v) is 7.96. The van der Waals surface area contributed by atoms with Crippen molar-refractivity contribution in [3.8, 4) is 6.01 Å². The van der Waals surface area contributed by atoms with Crippen LogP contribution in [-0.4, -0.2) is 47.3 Å². The molecule has 1 aromatic carbocycles. The summed E-state index contributed by atoms with van der Waals surface area (Å²) >= 11 is 0. The molecule has 0 spiro atoms. The summed E-state index contributed by atoms with van der Waals surface area (Å²) in [4.78, 5) is 13.5. The molecule has 2 aliphatic rings. The van der Waals surface area contributed by atoms with Gasteiger partial charge in [0, 0.05) is 31.1 Å². The second-order valence-electron chi connectivity index (χ2n) is 7.96. The number of ether oxygens (including phenoxy) is 1. The number of hydrogen-bond acceptors (Lipinski definition) is 7. The van der Waals surface area contributed by atoms with Gasteiger partial charge >= 0.3 is 6.01 Å². The minimum atomic E-state index is 0.350. The van der Waals surface area contributed by atoms with Crippen LogP contribution in [0.4, 0.5) is 11.6 Å². The van der Waals surface area contributed by atoms with Crippen LogP contribution >= 0.6 is 0 Å². The van der Waals surface area contributed by atoms with Crippen molar-refractivity contribution in [2.75, 3.05) is 36.6 Å². The molecule has 0 radical (unpaired) electrons. The van der Waals surface area contributed by atoms with E-state index in [-0.39, 0.29) is 0 Å². The van der Waals surface area contributed by atoms with E-state index in [0.717, 1.165) is 30.2 Å². The van der Waals surface area contributed by atoms with E-state index >= 15 is 0 Å². The monoisotopic (exact) mass is 430 g/mol. The van der Waals surface area contributed by atoms with E-state index < -0.39 is 0 Å². The number of nitrogens with zero attached hydrogens (tertiary/aromatic N) is 5. The lowest BCUT2D eigenvalue weighted by Crippen LogP contribution is -2.30. The van der Waals surface area contributed by atoms with Crippen molar-refractivity contribution in [3.63, 3.8) is 0 Å². The largest absolute Gasteiger partial charge is 0.461 e.